The third-order valence-corrected chi connectivity index (χ3v) is 3.55. The molecule has 0 aliphatic carbocycles. The van der Waals surface area contributed by atoms with Crippen LogP contribution in [-0.4, -0.2) is 27.2 Å². The number of nitro groups is 1. The number of ether oxygens (including phenoxy) is 1. The maximum absolute atomic E-state index is 12.4. The van der Waals surface area contributed by atoms with E-state index >= 15 is 0 Å². The second-order valence-corrected chi connectivity index (χ2v) is 5.04. The highest BCUT2D eigenvalue weighted by Gasteiger charge is 2.32. The maximum Gasteiger partial charge on any atom is 0.342 e. The van der Waals surface area contributed by atoms with Crippen molar-refractivity contribution in [2.45, 2.75) is 13.8 Å². The lowest BCUT2D eigenvalue weighted by Crippen LogP contribution is -2.24. The van der Waals surface area contributed by atoms with E-state index in [2.05, 4.69) is 0 Å². The summed E-state index contributed by atoms with van der Waals surface area (Å²) in [7, 11) is 1.40. The van der Waals surface area contributed by atoms with E-state index in [-0.39, 0.29) is 12.2 Å². The van der Waals surface area contributed by atoms with Crippen molar-refractivity contribution >= 4 is 28.1 Å². The van der Waals surface area contributed by atoms with Gasteiger partial charge in [0.1, 0.15) is 11.3 Å². The number of aryl methyl sites for hydroxylation is 1. The van der Waals surface area contributed by atoms with Crippen molar-refractivity contribution in [1.29, 1.82) is 0 Å². The fourth-order valence-corrected chi connectivity index (χ4v) is 2.54. The summed E-state index contributed by atoms with van der Waals surface area (Å²) in [5.74, 6) is -1.39. The first-order valence-electron chi connectivity index (χ1n) is 7.14. The molecule has 0 bridgehead atoms. The maximum atomic E-state index is 12.4. The molecular formula is C16H16N2O6. The zero-order valence-electron chi connectivity index (χ0n) is 13.4. The summed E-state index contributed by atoms with van der Waals surface area (Å²) in [5, 5.41) is 21.7. The van der Waals surface area contributed by atoms with E-state index in [1.54, 1.807) is 31.2 Å². The second-order valence-electron chi connectivity index (χ2n) is 5.04. The number of esters is 1. The number of pyridine rings is 1. The third-order valence-electron chi connectivity index (χ3n) is 3.55. The van der Waals surface area contributed by atoms with Crippen LogP contribution in [0.1, 0.15) is 19.4 Å². The van der Waals surface area contributed by atoms with Gasteiger partial charge < -0.3 is 14.4 Å². The number of benzene rings is 1. The van der Waals surface area contributed by atoms with E-state index in [0.717, 1.165) is 4.57 Å². The minimum Gasteiger partial charge on any atom is -0.512 e. The van der Waals surface area contributed by atoms with E-state index in [1.165, 1.54) is 14.0 Å². The molecule has 0 unspecified atom stereocenters. The molecule has 0 atom stereocenters. The number of aromatic nitrogens is 1. The lowest BCUT2D eigenvalue weighted by molar-refractivity contribution is -0.386. The number of allylic oxidation sites excluding steroid dienone is 1. The van der Waals surface area contributed by atoms with Crippen molar-refractivity contribution < 1.29 is 19.6 Å². The Morgan fingerprint density at radius 2 is 2.00 bits per heavy atom. The molecule has 0 aliphatic rings. The van der Waals surface area contributed by atoms with Crippen LogP contribution in [0.25, 0.3) is 16.5 Å². The molecule has 1 N–H and O–H groups in total. The number of carbonyl (C=O) groups excluding carboxylic acids is 1. The molecule has 1 heterocycles. The van der Waals surface area contributed by atoms with Gasteiger partial charge in [0.25, 0.3) is 0 Å². The zero-order valence-corrected chi connectivity index (χ0v) is 13.4. The average Bonchev–Trinajstić information content (AvgIpc) is 2.52. The number of hydrogen-bond donors (Lipinski definition) is 1. The number of carbonyl (C=O) groups is 1. The van der Waals surface area contributed by atoms with Crippen LogP contribution in [0.3, 0.4) is 0 Å². The summed E-state index contributed by atoms with van der Waals surface area (Å²) in [4.78, 5) is 35.3. The Bertz CT molecular complexity index is 922. The topological polar surface area (TPSA) is 112 Å². The standard InChI is InChI=1S/C16H16N2O6/c1-4-24-16(21)12(9(2)19)13-10-7-5-6-8-11(10)17(3)15(20)14(13)18(22)23/h5-8,19H,4H2,1-3H3. The second kappa shape index (κ2) is 6.53. The van der Waals surface area contributed by atoms with Crippen molar-refractivity contribution in [2.24, 2.45) is 7.05 Å². The van der Waals surface area contributed by atoms with Gasteiger partial charge in [0.05, 0.1) is 22.6 Å². The first-order valence-corrected chi connectivity index (χ1v) is 7.14. The number of rotatable bonds is 4. The first-order chi connectivity index (χ1) is 11.3. The van der Waals surface area contributed by atoms with Crippen LogP contribution in [0, 0.1) is 10.1 Å². The van der Waals surface area contributed by atoms with Crippen LogP contribution in [0.2, 0.25) is 0 Å². The van der Waals surface area contributed by atoms with E-state index in [4.69, 9.17) is 4.74 Å². The van der Waals surface area contributed by atoms with Gasteiger partial charge in [-0.3, -0.25) is 14.9 Å². The number of nitrogens with zero attached hydrogens (tertiary/aromatic N) is 2. The monoisotopic (exact) mass is 332 g/mol. The van der Waals surface area contributed by atoms with Crippen LogP contribution >= 0.6 is 0 Å². The van der Waals surface area contributed by atoms with Crippen molar-refractivity contribution in [2.75, 3.05) is 6.61 Å². The number of aliphatic hydroxyl groups excluding tert-OH is 1. The number of fused-ring (bicyclic) bond motifs is 1. The van der Waals surface area contributed by atoms with Crippen LogP contribution in [0.5, 0.6) is 0 Å². The zero-order chi connectivity index (χ0) is 18.0. The fourth-order valence-electron chi connectivity index (χ4n) is 2.54. The van der Waals surface area contributed by atoms with Crippen LogP contribution in [0.4, 0.5) is 5.69 Å². The molecule has 2 rings (SSSR count). The molecule has 0 saturated heterocycles. The van der Waals surface area contributed by atoms with Gasteiger partial charge in [-0.2, -0.15) is 0 Å². The predicted octanol–water partition coefficient (Wildman–Crippen LogP) is 2.30. The average molecular weight is 332 g/mol. The van der Waals surface area contributed by atoms with Crippen molar-refractivity contribution in [3.63, 3.8) is 0 Å². The summed E-state index contributed by atoms with van der Waals surface area (Å²) < 4.78 is 6.02. The van der Waals surface area contributed by atoms with Crippen molar-refractivity contribution in [1.82, 2.24) is 4.57 Å². The van der Waals surface area contributed by atoms with Gasteiger partial charge in [0, 0.05) is 12.4 Å². The van der Waals surface area contributed by atoms with Gasteiger partial charge in [-0.05, 0) is 19.9 Å². The highest BCUT2D eigenvalue weighted by Crippen LogP contribution is 2.33. The quantitative estimate of drug-likeness (QED) is 0.302. The Balaban J connectivity index is 3.06. The van der Waals surface area contributed by atoms with E-state index < -0.39 is 33.5 Å². The molecule has 8 heteroatoms. The highest BCUT2D eigenvalue weighted by molar-refractivity contribution is 6.22. The first kappa shape index (κ1) is 17.2. The van der Waals surface area contributed by atoms with Crippen LogP contribution in [0.15, 0.2) is 34.8 Å². The molecule has 0 spiro atoms. The summed E-state index contributed by atoms with van der Waals surface area (Å²) in [6, 6.07) is 6.42. The number of aliphatic hydroxyl groups is 1. The van der Waals surface area contributed by atoms with Gasteiger partial charge in [0.2, 0.25) is 0 Å². The highest BCUT2D eigenvalue weighted by atomic mass is 16.6. The summed E-state index contributed by atoms with van der Waals surface area (Å²) in [5.41, 5.74) is -1.90. The summed E-state index contributed by atoms with van der Waals surface area (Å²) >= 11 is 0. The smallest absolute Gasteiger partial charge is 0.342 e. The lowest BCUT2D eigenvalue weighted by Gasteiger charge is -2.13. The minimum absolute atomic E-state index is 0.0200. The minimum atomic E-state index is -0.931. The number of hydrogen-bond acceptors (Lipinski definition) is 6. The molecule has 2 aromatic rings. The van der Waals surface area contributed by atoms with Gasteiger partial charge in [-0.25, -0.2) is 4.79 Å². The molecule has 24 heavy (non-hydrogen) atoms. The van der Waals surface area contributed by atoms with Crippen molar-refractivity contribution in [3.8, 4) is 0 Å². The summed E-state index contributed by atoms with van der Waals surface area (Å²) in [6.07, 6.45) is 0. The summed E-state index contributed by atoms with van der Waals surface area (Å²) in [6.45, 7) is 2.80. The van der Waals surface area contributed by atoms with Crippen molar-refractivity contribution in [3.05, 3.63) is 56.1 Å². The Labute approximate surface area is 136 Å². The molecular weight excluding hydrogens is 316 g/mol. The Hall–Kier alpha value is -3.16. The largest absolute Gasteiger partial charge is 0.512 e. The normalized spacial score (nSPS) is 12.0. The lowest BCUT2D eigenvalue weighted by atomic mass is 9.98. The predicted molar refractivity (Wildman–Crippen MR) is 87.7 cm³/mol. The van der Waals surface area contributed by atoms with Gasteiger partial charge in [-0.15, -0.1) is 0 Å². The molecule has 1 aromatic carbocycles. The molecule has 0 radical (unpaired) electrons. The molecule has 1 aromatic heterocycles. The number of para-hydroxylation sites is 1. The molecule has 0 saturated carbocycles. The van der Waals surface area contributed by atoms with Crippen LogP contribution in [-0.2, 0) is 16.6 Å². The molecule has 0 aliphatic heterocycles. The molecule has 126 valence electrons. The SMILES string of the molecule is CCOC(=O)C(=C(C)O)c1c([N+](=O)[O-])c(=O)n(C)c2ccccc12. The fraction of sp³-hybridized carbons (Fsp3) is 0.250. The Kier molecular flexibility index (Phi) is 4.68. The van der Waals surface area contributed by atoms with E-state index in [0.29, 0.717) is 10.9 Å². The van der Waals surface area contributed by atoms with E-state index in [1.807, 2.05) is 0 Å². The van der Waals surface area contributed by atoms with Crippen LogP contribution < -0.4 is 5.56 Å². The van der Waals surface area contributed by atoms with Gasteiger partial charge in [0.15, 0.2) is 0 Å². The molecule has 0 amide bonds. The van der Waals surface area contributed by atoms with Gasteiger partial charge in [-0.1, -0.05) is 18.2 Å². The molecule has 8 nitrogen and oxygen atoms in total. The third kappa shape index (κ3) is 2.73. The Morgan fingerprint density at radius 3 is 2.54 bits per heavy atom. The molecule has 0 fully saturated rings. The Morgan fingerprint density at radius 1 is 1.38 bits per heavy atom. The van der Waals surface area contributed by atoms with Gasteiger partial charge >= 0.3 is 17.2 Å². The van der Waals surface area contributed by atoms with E-state index in [9.17, 15) is 24.8 Å².